The molecule has 4 heteroatoms. The monoisotopic (exact) mass is 273 g/mol. The predicted molar refractivity (Wildman–Crippen MR) is 79.7 cm³/mol. The Hall–Kier alpha value is -1.03. The summed E-state index contributed by atoms with van der Waals surface area (Å²) in [5.41, 5.74) is 2.19. The van der Waals surface area contributed by atoms with E-state index in [-0.39, 0.29) is 0 Å². The summed E-state index contributed by atoms with van der Waals surface area (Å²) in [7, 11) is 0. The van der Waals surface area contributed by atoms with E-state index in [1.165, 1.54) is 49.4 Å². The molecule has 2 aliphatic rings. The van der Waals surface area contributed by atoms with E-state index < -0.39 is 0 Å². The number of hydrogen-bond donors (Lipinski definition) is 0. The second-order valence-corrected chi connectivity index (χ2v) is 6.83. The van der Waals surface area contributed by atoms with E-state index in [2.05, 4.69) is 27.4 Å². The van der Waals surface area contributed by atoms with Crippen molar-refractivity contribution in [3.8, 4) is 0 Å². The minimum atomic E-state index is 0.633. The summed E-state index contributed by atoms with van der Waals surface area (Å²) in [5, 5.41) is 0. The van der Waals surface area contributed by atoms with Gasteiger partial charge >= 0.3 is 0 Å². The van der Waals surface area contributed by atoms with Crippen LogP contribution in [0.1, 0.15) is 49.9 Å². The lowest BCUT2D eigenvalue weighted by atomic mass is 9.92. The Morgan fingerprint density at radius 2 is 2.16 bits per heavy atom. The van der Waals surface area contributed by atoms with Crippen LogP contribution in [0.4, 0.5) is 0 Å². The standard InChI is InChI=1S/C15H19N3S/c1-5-12(6-1)18-14(11-4-3-9-19-10-11)17-13-7-2-8-16-15(13)18/h2,7-8,11-12H,1,3-6,9-10H2. The van der Waals surface area contributed by atoms with Gasteiger partial charge < -0.3 is 4.57 Å². The molecular formula is C15H19N3S. The first kappa shape index (κ1) is 11.8. The minimum absolute atomic E-state index is 0.633. The molecule has 1 aliphatic heterocycles. The van der Waals surface area contributed by atoms with Crippen molar-refractivity contribution in [3.63, 3.8) is 0 Å². The zero-order chi connectivity index (χ0) is 12.7. The Bertz CT molecular complexity index is 582. The molecule has 0 spiro atoms. The number of nitrogens with zero attached hydrogens (tertiary/aromatic N) is 3. The quantitative estimate of drug-likeness (QED) is 0.834. The Morgan fingerprint density at radius 1 is 1.21 bits per heavy atom. The summed E-state index contributed by atoms with van der Waals surface area (Å²) in [6, 6.07) is 4.76. The highest BCUT2D eigenvalue weighted by Gasteiger charge is 2.29. The van der Waals surface area contributed by atoms with Crippen molar-refractivity contribution in [3.05, 3.63) is 24.2 Å². The van der Waals surface area contributed by atoms with Gasteiger partial charge in [0.05, 0.1) is 0 Å². The van der Waals surface area contributed by atoms with Crippen LogP contribution in [0, 0.1) is 0 Å². The number of imidazole rings is 1. The van der Waals surface area contributed by atoms with Gasteiger partial charge in [-0.25, -0.2) is 9.97 Å². The average molecular weight is 273 g/mol. The fourth-order valence-electron chi connectivity index (χ4n) is 3.18. The number of aromatic nitrogens is 3. The first-order valence-electron chi connectivity index (χ1n) is 7.34. The van der Waals surface area contributed by atoms with Gasteiger partial charge in [0.15, 0.2) is 5.65 Å². The van der Waals surface area contributed by atoms with Crippen molar-refractivity contribution in [1.29, 1.82) is 0 Å². The van der Waals surface area contributed by atoms with Crippen LogP contribution in [-0.2, 0) is 0 Å². The van der Waals surface area contributed by atoms with Gasteiger partial charge in [-0.15, -0.1) is 0 Å². The van der Waals surface area contributed by atoms with Crippen LogP contribution >= 0.6 is 11.8 Å². The van der Waals surface area contributed by atoms with Crippen molar-refractivity contribution in [1.82, 2.24) is 14.5 Å². The molecule has 2 aromatic heterocycles. The normalized spacial score (nSPS) is 24.5. The third-order valence-electron chi connectivity index (χ3n) is 4.44. The van der Waals surface area contributed by atoms with E-state index >= 15 is 0 Å². The second-order valence-electron chi connectivity index (χ2n) is 5.68. The largest absolute Gasteiger partial charge is 0.309 e. The molecule has 4 rings (SSSR count). The van der Waals surface area contributed by atoms with Crippen molar-refractivity contribution in [2.24, 2.45) is 0 Å². The molecule has 0 aromatic carbocycles. The van der Waals surface area contributed by atoms with Gasteiger partial charge in [0.1, 0.15) is 11.3 Å². The van der Waals surface area contributed by atoms with Crippen LogP contribution in [0.5, 0.6) is 0 Å². The minimum Gasteiger partial charge on any atom is -0.309 e. The Balaban J connectivity index is 1.83. The first-order valence-corrected chi connectivity index (χ1v) is 8.49. The molecule has 2 aromatic rings. The molecule has 1 aliphatic carbocycles. The predicted octanol–water partition coefficient (Wildman–Crippen LogP) is 3.77. The van der Waals surface area contributed by atoms with Gasteiger partial charge in [0, 0.05) is 23.9 Å². The fraction of sp³-hybridized carbons (Fsp3) is 0.600. The molecule has 3 nitrogen and oxygen atoms in total. The number of thioether (sulfide) groups is 1. The van der Waals surface area contributed by atoms with Crippen LogP contribution < -0.4 is 0 Å². The van der Waals surface area contributed by atoms with Crippen LogP contribution in [0.25, 0.3) is 11.2 Å². The van der Waals surface area contributed by atoms with Gasteiger partial charge in [-0.05, 0) is 50.0 Å². The third-order valence-corrected chi connectivity index (χ3v) is 5.66. The molecule has 3 heterocycles. The van der Waals surface area contributed by atoms with Gasteiger partial charge in [-0.3, -0.25) is 0 Å². The summed E-state index contributed by atoms with van der Waals surface area (Å²) in [5.74, 6) is 4.49. The third kappa shape index (κ3) is 1.97. The van der Waals surface area contributed by atoms with Gasteiger partial charge in [0.25, 0.3) is 0 Å². The highest BCUT2D eigenvalue weighted by Crippen LogP contribution is 2.39. The topological polar surface area (TPSA) is 30.7 Å². The van der Waals surface area contributed by atoms with Gasteiger partial charge in [0.2, 0.25) is 0 Å². The van der Waals surface area contributed by atoms with Gasteiger partial charge in [-0.2, -0.15) is 11.8 Å². The Kier molecular flexibility index (Phi) is 2.98. The van der Waals surface area contributed by atoms with Crippen molar-refractivity contribution < 1.29 is 0 Å². The molecule has 1 unspecified atom stereocenters. The molecule has 0 amide bonds. The van der Waals surface area contributed by atoms with Crippen LogP contribution in [-0.4, -0.2) is 26.0 Å². The zero-order valence-corrected chi connectivity index (χ0v) is 11.9. The van der Waals surface area contributed by atoms with Crippen molar-refractivity contribution >= 4 is 22.9 Å². The maximum absolute atomic E-state index is 4.93. The molecule has 2 fully saturated rings. The molecule has 19 heavy (non-hydrogen) atoms. The smallest absolute Gasteiger partial charge is 0.160 e. The van der Waals surface area contributed by atoms with Crippen molar-refractivity contribution in [2.75, 3.05) is 11.5 Å². The van der Waals surface area contributed by atoms with Crippen LogP contribution in [0.2, 0.25) is 0 Å². The maximum Gasteiger partial charge on any atom is 0.160 e. The summed E-state index contributed by atoms with van der Waals surface area (Å²) < 4.78 is 2.47. The van der Waals surface area contributed by atoms with E-state index in [9.17, 15) is 0 Å². The fourth-order valence-corrected chi connectivity index (χ4v) is 4.32. The van der Waals surface area contributed by atoms with E-state index in [0.717, 1.165) is 11.2 Å². The van der Waals surface area contributed by atoms with E-state index in [1.807, 2.05) is 12.3 Å². The molecule has 1 saturated carbocycles. The first-order chi connectivity index (χ1) is 9.43. The number of fused-ring (bicyclic) bond motifs is 1. The molecule has 100 valence electrons. The Morgan fingerprint density at radius 3 is 2.89 bits per heavy atom. The SMILES string of the molecule is c1cnc2c(c1)nc(C1CCCSC1)n2C1CCC1. The molecule has 1 atom stereocenters. The lowest BCUT2D eigenvalue weighted by molar-refractivity contribution is 0.307. The number of pyridine rings is 1. The summed E-state index contributed by atoms with van der Waals surface area (Å²) in [6.07, 6.45) is 8.48. The Labute approximate surface area is 117 Å². The number of rotatable bonds is 2. The molecule has 1 saturated heterocycles. The van der Waals surface area contributed by atoms with Crippen LogP contribution in [0.15, 0.2) is 18.3 Å². The summed E-state index contributed by atoms with van der Waals surface area (Å²) in [4.78, 5) is 9.52. The highest BCUT2D eigenvalue weighted by atomic mass is 32.2. The summed E-state index contributed by atoms with van der Waals surface area (Å²) in [6.45, 7) is 0. The van der Waals surface area contributed by atoms with E-state index in [4.69, 9.17) is 4.98 Å². The molecule has 0 radical (unpaired) electrons. The maximum atomic E-state index is 4.93. The highest BCUT2D eigenvalue weighted by molar-refractivity contribution is 7.99. The molecule has 0 N–H and O–H groups in total. The van der Waals surface area contributed by atoms with Gasteiger partial charge in [-0.1, -0.05) is 0 Å². The second kappa shape index (κ2) is 4.82. The van der Waals surface area contributed by atoms with Crippen molar-refractivity contribution in [2.45, 2.75) is 44.1 Å². The van der Waals surface area contributed by atoms with Crippen LogP contribution in [0.3, 0.4) is 0 Å². The number of hydrogen-bond acceptors (Lipinski definition) is 3. The lowest BCUT2D eigenvalue weighted by Gasteiger charge is -2.31. The summed E-state index contributed by atoms with van der Waals surface area (Å²) >= 11 is 2.08. The zero-order valence-electron chi connectivity index (χ0n) is 11.1. The van der Waals surface area contributed by atoms with E-state index in [0.29, 0.717) is 12.0 Å². The van der Waals surface area contributed by atoms with E-state index in [1.54, 1.807) is 0 Å². The molecule has 0 bridgehead atoms. The average Bonchev–Trinajstić information content (AvgIpc) is 2.78. The lowest BCUT2D eigenvalue weighted by Crippen LogP contribution is -2.23. The molecular weight excluding hydrogens is 254 g/mol.